The Hall–Kier alpha value is -4.21. The second-order valence-electron chi connectivity index (χ2n) is 8.34. The molecule has 15 nitrogen and oxygen atoms in total. The minimum Gasteiger partial charge on any atom is -0.450 e. The molecule has 0 radical (unpaired) electrons. The van der Waals surface area contributed by atoms with Gasteiger partial charge in [0.25, 0.3) is 5.56 Å². The van der Waals surface area contributed by atoms with Gasteiger partial charge in [-0.2, -0.15) is 0 Å². The topological polar surface area (TPSA) is 224 Å². The average Bonchev–Trinajstić information content (AvgIpc) is 3.16. The summed E-state index contributed by atoms with van der Waals surface area (Å²) in [6, 6.07) is 10.00. The third-order valence-corrected chi connectivity index (χ3v) is 5.63. The van der Waals surface area contributed by atoms with Crippen molar-refractivity contribution in [1.29, 1.82) is 0 Å². The second kappa shape index (κ2) is 13.4. The van der Waals surface area contributed by atoms with Crippen molar-refractivity contribution < 1.29 is 38.8 Å². The minimum atomic E-state index is -1.50. The summed E-state index contributed by atoms with van der Waals surface area (Å²) >= 11 is 0. The van der Waals surface area contributed by atoms with Crippen molar-refractivity contribution in [2.45, 2.75) is 43.5 Å². The lowest BCUT2D eigenvalue weighted by molar-refractivity contribution is -0.121. The van der Waals surface area contributed by atoms with Gasteiger partial charge in [-0.15, -0.1) is 0 Å². The van der Waals surface area contributed by atoms with E-state index < -0.39 is 66.5 Å². The van der Waals surface area contributed by atoms with E-state index in [9.17, 15) is 34.2 Å². The molecule has 2 heterocycles. The molecule has 3 rings (SSSR count). The summed E-state index contributed by atoms with van der Waals surface area (Å²) in [5.41, 5.74) is 4.39. The van der Waals surface area contributed by atoms with Gasteiger partial charge in [0.15, 0.2) is 6.23 Å². The molecule has 1 aromatic carbocycles. The molecule has 3 amide bonds. The van der Waals surface area contributed by atoms with E-state index in [1.807, 2.05) is 11.1 Å². The molecular weight excluding hydrogens is 506 g/mol. The summed E-state index contributed by atoms with van der Waals surface area (Å²) in [4.78, 5) is 60.3. The fourth-order valence-electron chi connectivity index (χ4n) is 3.77. The van der Waals surface area contributed by atoms with Crippen LogP contribution < -0.4 is 27.6 Å². The summed E-state index contributed by atoms with van der Waals surface area (Å²) in [7, 11) is 0. The smallest absolute Gasteiger partial charge is 0.407 e. The molecule has 0 aliphatic carbocycles. The average molecular weight is 536 g/mol. The lowest BCUT2D eigenvalue weighted by Crippen LogP contribution is -2.43. The number of H-pyrrole nitrogens is 1. The van der Waals surface area contributed by atoms with E-state index in [-0.39, 0.29) is 13.2 Å². The van der Waals surface area contributed by atoms with Crippen LogP contribution in [0.1, 0.15) is 30.7 Å². The number of ether oxygens (including phenoxy) is 3. The quantitative estimate of drug-likeness (QED) is 0.185. The van der Waals surface area contributed by atoms with Crippen LogP contribution in [-0.2, 0) is 19.0 Å². The first-order valence-corrected chi connectivity index (χ1v) is 11.7. The highest BCUT2D eigenvalue weighted by atomic mass is 16.6. The Balaban J connectivity index is 1.36. The Morgan fingerprint density at radius 2 is 1.84 bits per heavy atom. The largest absolute Gasteiger partial charge is 0.450 e. The molecule has 0 bridgehead atoms. The van der Waals surface area contributed by atoms with E-state index >= 15 is 0 Å². The summed E-state index contributed by atoms with van der Waals surface area (Å²) in [5, 5.41) is 25.1. The number of hydrogen-bond donors (Lipinski definition) is 6. The number of rotatable bonds is 11. The van der Waals surface area contributed by atoms with Crippen molar-refractivity contribution >= 4 is 18.1 Å². The van der Waals surface area contributed by atoms with Gasteiger partial charge in [0.1, 0.15) is 24.4 Å². The normalized spacial score (nSPS) is 21.3. The van der Waals surface area contributed by atoms with Gasteiger partial charge < -0.3 is 40.8 Å². The number of aromatic nitrogens is 2. The van der Waals surface area contributed by atoms with Crippen LogP contribution in [-0.4, -0.2) is 75.9 Å². The number of aliphatic hydroxyl groups is 2. The number of nitrogens with one attached hydrogen (secondary N) is 3. The second-order valence-corrected chi connectivity index (χ2v) is 8.34. The number of aromatic amines is 1. The predicted molar refractivity (Wildman–Crippen MR) is 129 cm³/mol. The van der Waals surface area contributed by atoms with Gasteiger partial charge in [-0.25, -0.2) is 14.4 Å². The molecule has 1 aromatic heterocycles. The van der Waals surface area contributed by atoms with E-state index in [4.69, 9.17) is 19.9 Å². The van der Waals surface area contributed by atoms with E-state index in [1.165, 1.54) is 0 Å². The molecule has 1 aliphatic rings. The number of carbonyl (C=O) groups is 3. The first-order valence-electron chi connectivity index (χ1n) is 11.7. The summed E-state index contributed by atoms with van der Waals surface area (Å²) in [5.74, 6) is -0.629. The van der Waals surface area contributed by atoms with Crippen LogP contribution in [0.3, 0.4) is 0 Å². The highest BCUT2D eigenvalue weighted by Crippen LogP contribution is 2.27. The third kappa shape index (κ3) is 7.89. The van der Waals surface area contributed by atoms with Crippen LogP contribution in [0.4, 0.5) is 9.59 Å². The maximum absolute atomic E-state index is 12.1. The monoisotopic (exact) mass is 535 g/mol. The molecule has 38 heavy (non-hydrogen) atoms. The van der Waals surface area contributed by atoms with Gasteiger partial charge >= 0.3 is 17.9 Å². The van der Waals surface area contributed by atoms with Gasteiger partial charge in [-0.05, 0) is 18.4 Å². The highest BCUT2D eigenvalue weighted by molar-refractivity contribution is 5.82. The van der Waals surface area contributed by atoms with Crippen molar-refractivity contribution in [1.82, 2.24) is 20.2 Å². The Morgan fingerprint density at radius 1 is 1.11 bits per heavy atom. The van der Waals surface area contributed by atoms with Crippen molar-refractivity contribution in [2.24, 2.45) is 5.73 Å². The first kappa shape index (κ1) is 28.4. The fourth-order valence-corrected chi connectivity index (χ4v) is 3.77. The number of alkyl carbamates (subject to hydrolysis) is 1. The highest BCUT2D eigenvalue weighted by Gasteiger charge is 2.44. The van der Waals surface area contributed by atoms with Crippen LogP contribution in [0.25, 0.3) is 0 Å². The Bertz CT molecular complexity index is 1220. The van der Waals surface area contributed by atoms with Crippen LogP contribution >= 0.6 is 0 Å². The van der Waals surface area contributed by atoms with Gasteiger partial charge in [0.2, 0.25) is 5.91 Å². The molecule has 0 saturated carbocycles. The van der Waals surface area contributed by atoms with Gasteiger partial charge in [0.05, 0.1) is 13.2 Å². The molecule has 5 unspecified atom stereocenters. The molecule has 1 saturated heterocycles. The molecule has 206 valence electrons. The zero-order valence-electron chi connectivity index (χ0n) is 20.1. The molecule has 0 spiro atoms. The van der Waals surface area contributed by atoms with Crippen molar-refractivity contribution in [3.8, 4) is 0 Å². The van der Waals surface area contributed by atoms with Gasteiger partial charge in [-0.3, -0.25) is 19.1 Å². The number of nitrogens with zero attached hydrogens (tertiary/aromatic N) is 1. The maximum atomic E-state index is 12.1. The van der Waals surface area contributed by atoms with Crippen LogP contribution in [0, 0.1) is 0 Å². The number of amides is 3. The number of aliphatic hydroxyl groups excluding tert-OH is 2. The zero-order chi connectivity index (χ0) is 27.7. The lowest BCUT2D eigenvalue weighted by Gasteiger charge is -2.17. The fraction of sp³-hybridized carbons (Fsp3) is 0.435. The van der Waals surface area contributed by atoms with Crippen molar-refractivity contribution in [2.75, 3.05) is 19.7 Å². The maximum Gasteiger partial charge on any atom is 0.407 e. The van der Waals surface area contributed by atoms with Gasteiger partial charge in [-0.1, -0.05) is 30.3 Å². The van der Waals surface area contributed by atoms with Crippen LogP contribution in [0.15, 0.2) is 52.2 Å². The summed E-state index contributed by atoms with van der Waals surface area (Å²) < 4.78 is 16.5. The molecule has 15 heteroatoms. The Morgan fingerprint density at radius 3 is 2.53 bits per heavy atom. The number of nitrogens with two attached hydrogens (primary N) is 1. The number of hydrogen-bond acceptors (Lipinski definition) is 10. The molecule has 5 atom stereocenters. The molecule has 1 aliphatic heterocycles. The summed E-state index contributed by atoms with van der Waals surface area (Å²) in [6.07, 6.45) is -5.83. The Kier molecular flexibility index (Phi) is 9.98. The lowest BCUT2D eigenvalue weighted by atomic mass is 10.1. The minimum absolute atomic E-state index is 0.00951. The van der Waals surface area contributed by atoms with E-state index in [0.29, 0.717) is 12.8 Å². The predicted octanol–water partition coefficient (Wildman–Crippen LogP) is -1.38. The molecular formula is C23H29N5O10. The van der Waals surface area contributed by atoms with Crippen molar-refractivity contribution in [3.05, 3.63) is 69.0 Å². The van der Waals surface area contributed by atoms with Crippen LogP contribution in [0.5, 0.6) is 0 Å². The van der Waals surface area contributed by atoms with Gasteiger partial charge in [0, 0.05) is 18.8 Å². The first-order chi connectivity index (χ1) is 18.2. The number of benzene rings is 1. The molecule has 7 N–H and O–H groups in total. The van der Waals surface area contributed by atoms with E-state index in [1.54, 1.807) is 24.3 Å². The molecule has 2 aromatic rings. The van der Waals surface area contributed by atoms with E-state index in [0.717, 1.165) is 22.4 Å². The van der Waals surface area contributed by atoms with Crippen LogP contribution in [0.2, 0.25) is 0 Å². The Labute approximate surface area is 215 Å². The van der Waals surface area contributed by atoms with E-state index in [2.05, 4.69) is 10.6 Å². The third-order valence-electron chi connectivity index (χ3n) is 5.63. The standard InChI is InChI=1S/C23H29N5O10/c24-21(33)38-14(13-5-2-1-3-6-13)7-4-10-36-23(35)26-12-17(30)25-11-15-18(31)19(32)20(37-15)28-9-8-16(29)27-22(28)34/h1-3,5-6,8-9,14-15,18-20,31-32H,4,7,10-12H2,(H2,24,33)(H,25,30)(H,26,35)(H,27,29,34). The SMILES string of the molecule is NC(=O)OC(CCCOC(=O)NCC(=O)NCC1OC(n2ccc(=O)[nH]c2=O)C(O)C1O)c1ccccc1. The summed E-state index contributed by atoms with van der Waals surface area (Å²) in [6.45, 7) is -0.683. The zero-order valence-corrected chi connectivity index (χ0v) is 20.1. The number of carbonyl (C=O) groups excluding carboxylic acids is 3. The number of primary amides is 1. The molecule has 1 fully saturated rings. The van der Waals surface area contributed by atoms with Crippen molar-refractivity contribution in [3.63, 3.8) is 0 Å².